The van der Waals surface area contributed by atoms with Crippen LogP contribution in [-0.2, 0) is 4.79 Å². The van der Waals surface area contributed by atoms with Crippen molar-refractivity contribution in [1.29, 1.82) is 0 Å². The lowest BCUT2D eigenvalue weighted by molar-refractivity contribution is -0.133. The number of carbonyl (C=O) groups excluding carboxylic acids is 2. The molecule has 1 atom stereocenters. The maximum Gasteiger partial charge on any atom is 0.222 e. The average Bonchev–Trinajstić information content (AvgIpc) is 3.10. The van der Waals surface area contributed by atoms with Gasteiger partial charge >= 0.3 is 0 Å². The molecule has 0 aliphatic carbocycles. The van der Waals surface area contributed by atoms with Crippen molar-refractivity contribution in [3.05, 3.63) is 29.8 Å². The number of carbonyl (C=O) groups is 2. The number of benzene rings is 1. The van der Waals surface area contributed by atoms with Crippen LogP contribution in [0.5, 0.6) is 5.75 Å². The summed E-state index contributed by atoms with van der Waals surface area (Å²) in [7, 11) is 0. The van der Waals surface area contributed by atoms with E-state index in [0.29, 0.717) is 36.8 Å². The number of nitrogens with zero attached hydrogens (tertiary/aromatic N) is 1. The highest BCUT2D eigenvalue weighted by molar-refractivity contribution is 5.94. The predicted octanol–water partition coefficient (Wildman–Crippen LogP) is 3.07. The minimum Gasteiger partial charge on any atom is -0.494 e. The molecule has 6 heteroatoms. The molecule has 0 saturated carbocycles. The molecule has 1 fully saturated rings. The summed E-state index contributed by atoms with van der Waals surface area (Å²) in [6.07, 6.45) is 3.21. The van der Waals surface area contributed by atoms with E-state index in [4.69, 9.17) is 4.74 Å². The van der Waals surface area contributed by atoms with Crippen LogP contribution in [0.4, 0.5) is 0 Å². The Morgan fingerprint density at radius 3 is 2.80 bits per heavy atom. The van der Waals surface area contributed by atoms with Gasteiger partial charge in [0.05, 0.1) is 6.61 Å². The normalized spacial score (nSPS) is 16.2. The van der Waals surface area contributed by atoms with Gasteiger partial charge in [0.25, 0.3) is 0 Å². The minimum atomic E-state index is 0. The van der Waals surface area contributed by atoms with Crippen LogP contribution in [0.15, 0.2) is 24.3 Å². The second-order valence-electron chi connectivity index (χ2n) is 6.27. The summed E-state index contributed by atoms with van der Waals surface area (Å²) in [5, 5.41) is 3.32. The van der Waals surface area contributed by atoms with Gasteiger partial charge in [0.15, 0.2) is 5.78 Å². The van der Waals surface area contributed by atoms with E-state index in [9.17, 15) is 9.59 Å². The summed E-state index contributed by atoms with van der Waals surface area (Å²) in [5.41, 5.74) is 0.645. The number of hydrogen-bond donors (Lipinski definition) is 1. The van der Waals surface area contributed by atoms with E-state index >= 15 is 0 Å². The van der Waals surface area contributed by atoms with E-state index in [2.05, 4.69) is 12.2 Å². The molecule has 1 unspecified atom stereocenters. The number of rotatable bonds is 9. The SMILES string of the molecule is CCCN(C(=O)CCCOc1cccc(C(C)=O)c1)C1CCNC1.Cl. The van der Waals surface area contributed by atoms with Crippen molar-refractivity contribution >= 4 is 24.1 Å². The summed E-state index contributed by atoms with van der Waals surface area (Å²) < 4.78 is 5.68. The van der Waals surface area contributed by atoms with Crippen LogP contribution in [-0.4, -0.2) is 48.9 Å². The van der Waals surface area contributed by atoms with E-state index in [-0.39, 0.29) is 24.1 Å². The van der Waals surface area contributed by atoms with Crippen LogP contribution in [0.25, 0.3) is 0 Å². The van der Waals surface area contributed by atoms with Crippen LogP contribution < -0.4 is 10.1 Å². The van der Waals surface area contributed by atoms with Crippen molar-refractivity contribution in [2.45, 2.75) is 45.6 Å². The van der Waals surface area contributed by atoms with Crippen LogP contribution >= 0.6 is 12.4 Å². The molecule has 1 N–H and O–H groups in total. The second-order valence-corrected chi connectivity index (χ2v) is 6.27. The molecule has 5 nitrogen and oxygen atoms in total. The Labute approximate surface area is 156 Å². The molecule has 140 valence electrons. The highest BCUT2D eigenvalue weighted by Gasteiger charge is 2.25. The molecule has 0 spiro atoms. The lowest BCUT2D eigenvalue weighted by atomic mass is 10.1. The third-order valence-corrected chi connectivity index (χ3v) is 4.30. The van der Waals surface area contributed by atoms with Gasteiger partial charge in [-0.25, -0.2) is 0 Å². The number of ether oxygens (including phenoxy) is 1. The second kappa shape index (κ2) is 11.1. The van der Waals surface area contributed by atoms with Crippen molar-refractivity contribution < 1.29 is 14.3 Å². The fraction of sp³-hybridized carbons (Fsp3) is 0.579. The average molecular weight is 369 g/mol. The molecule has 1 aromatic carbocycles. The fourth-order valence-electron chi connectivity index (χ4n) is 3.02. The number of nitrogens with one attached hydrogen (secondary N) is 1. The summed E-state index contributed by atoms with van der Waals surface area (Å²) in [5.74, 6) is 0.920. The molecule has 25 heavy (non-hydrogen) atoms. The van der Waals surface area contributed by atoms with Crippen molar-refractivity contribution in [1.82, 2.24) is 10.2 Å². The zero-order valence-corrected chi connectivity index (χ0v) is 15.9. The van der Waals surface area contributed by atoms with Gasteiger partial charge in [-0.3, -0.25) is 9.59 Å². The summed E-state index contributed by atoms with van der Waals surface area (Å²) in [6, 6.07) is 7.51. The zero-order chi connectivity index (χ0) is 17.4. The van der Waals surface area contributed by atoms with Crippen LogP contribution in [0.1, 0.15) is 49.9 Å². The molecule has 1 saturated heterocycles. The smallest absolute Gasteiger partial charge is 0.222 e. The maximum absolute atomic E-state index is 12.5. The Balaban J connectivity index is 0.00000312. The first kappa shape index (κ1) is 21.5. The summed E-state index contributed by atoms with van der Waals surface area (Å²) >= 11 is 0. The molecule has 1 aromatic rings. The van der Waals surface area contributed by atoms with Crippen LogP contribution in [0.3, 0.4) is 0 Å². The highest BCUT2D eigenvalue weighted by atomic mass is 35.5. The molecule has 0 bridgehead atoms. The van der Waals surface area contributed by atoms with Gasteiger partial charge in [-0.05, 0) is 44.9 Å². The van der Waals surface area contributed by atoms with E-state index in [1.54, 1.807) is 12.1 Å². The molecule has 1 aliphatic heterocycles. The van der Waals surface area contributed by atoms with Crippen molar-refractivity contribution in [2.75, 3.05) is 26.2 Å². The molecule has 0 aromatic heterocycles. The van der Waals surface area contributed by atoms with Gasteiger partial charge in [0.1, 0.15) is 5.75 Å². The summed E-state index contributed by atoms with van der Waals surface area (Å²) in [6.45, 7) is 6.85. The zero-order valence-electron chi connectivity index (χ0n) is 15.1. The van der Waals surface area contributed by atoms with Gasteiger partial charge < -0.3 is 15.0 Å². The first-order chi connectivity index (χ1) is 11.6. The van der Waals surface area contributed by atoms with Crippen LogP contribution in [0, 0.1) is 0 Å². The van der Waals surface area contributed by atoms with E-state index in [1.165, 1.54) is 6.92 Å². The molecular formula is C19H29ClN2O3. The Morgan fingerprint density at radius 2 is 2.16 bits per heavy atom. The molecule has 2 rings (SSSR count). The quantitative estimate of drug-likeness (QED) is 0.537. The first-order valence-corrected chi connectivity index (χ1v) is 8.85. The summed E-state index contributed by atoms with van der Waals surface area (Å²) in [4.78, 5) is 25.9. The third-order valence-electron chi connectivity index (χ3n) is 4.30. The standard InChI is InChI=1S/C19H28N2O3.ClH/c1-3-11-21(17-9-10-20-14-17)19(23)8-5-12-24-18-7-4-6-16(13-18)15(2)22;/h4,6-7,13,17,20H,3,5,8-12,14H2,1-2H3;1H. The van der Waals surface area contributed by atoms with Crippen molar-refractivity contribution in [2.24, 2.45) is 0 Å². The fourth-order valence-corrected chi connectivity index (χ4v) is 3.02. The Hall–Kier alpha value is -1.59. The van der Waals surface area contributed by atoms with Gasteiger partial charge in [0, 0.05) is 31.1 Å². The van der Waals surface area contributed by atoms with Crippen LogP contribution in [0.2, 0.25) is 0 Å². The van der Waals surface area contributed by atoms with E-state index in [1.807, 2.05) is 17.0 Å². The molecular weight excluding hydrogens is 340 g/mol. The number of Topliss-reactive ketones (excluding diaryl/α,β-unsaturated/α-hetero) is 1. The van der Waals surface area contributed by atoms with Gasteiger partial charge in [-0.1, -0.05) is 19.1 Å². The van der Waals surface area contributed by atoms with Crippen molar-refractivity contribution in [3.63, 3.8) is 0 Å². The lowest BCUT2D eigenvalue weighted by Crippen LogP contribution is -2.42. The number of ketones is 1. The Kier molecular flexibility index (Phi) is 9.53. The maximum atomic E-state index is 12.5. The van der Waals surface area contributed by atoms with Crippen molar-refractivity contribution in [3.8, 4) is 5.75 Å². The lowest BCUT2D eigenvalue weighted by Gasteiger charge is -2.28. The third kappa shape index (κ3) is 6.67. The number of hydrogen-bond acceptors (Lipinski definition) is 4. The predicted molar refractivity (Wildman–Crippen MR) is 102 cm³/mol. The number of amides is 1. The van der Waals surface area contributed by atoms with E-state index in [0.717, 1.165) is 32.5 Å². The van der Waals surface area contributed by atoms with E-state index < -0.39 is 0 Å². The van der Waals surface area contributed by atoms with Gasteiger partial charge in [-0.15, -0.1) is 12.4 Å². The Bertz CT molecular complexity index is 559. The molecule has 1 heterocycles. The largest absolute Gasteiger partial charge is 0.494 e. The Morgan fingerprint density at radius 1 is 1.36 bits per heavy atom. The van der Waals surface area contributed by atoms with Gasteiger partial charge in [-0.2, -0.15) is 0 Å². The molecule has 1 amide bonds. The highest BCUT2D eigenvalue weighted by Crippen LogP contribution is 2.15. The van der Waals surface area contributed by atoms with Gasteiger partial charge in [0.2, 0.25) is 5.91 Å². The number of halogens is 1. The topological polar surface area (TPSA) is 58.6 Å². The molecule has 1 aliphatic rings. The monoisotopic (exact) mass is 368 g/mol. The molecule has 0 radical (unpaired) electrons. The minimum absolute atomic E-state index is 0. The first-order valence-electron chi connectivity index (χ1n) is 8.85.